The summed E-state index contributed by atoms with van der Waals surface area (Å²) in [5, 5.41) is 2.05. The molecule has 0 aromatic carbocycles. The van der Waals surface area contributed by atoms with Gasteiger partial charge in [-0.25, -0.2) is 0 Å². The van der Waals surface area contributed by atoms with Gasteiger partial charge in [-0.1, -0.05) is 166 Å². The molecule has 0 radical (unpaired) electrons. The fourth-order valence-corrected chi connectivity index (χ4v) is 12.3. The number of fused-ring (bicyclic) bond motifs is 1. The minimum Gasteiger partial charge on any atom is -0.289 e. The van der Waals surface area contributed by atoms with E-state index in [1.165, 1.54) is 0 Å². The Morgan fingerprint density at radius 3 is 0.544 bits per heavy atom. The van der Waals surface area contributed by atoms with E-state index in [1.54, 1.807) is 22.7 Å². The van der Waals surface area contributed by atoms with Crippen LogP contribution in [-0.4, -0.2) is 23.1 Å². The molecular formula is C62H80O4S2. The molecule has 0 N–H and O–H groups in total. The molecule has 0 aliphatic heterocycles. The third-order valence-electron chi connectivity index (χ3n) is 13.4. The number of allylic oxidation sites excluding steroid dienone is 16. The number of hydrogen-bond acceptors (Lipinski definition) is 6. The summed E-state index contributed by atoms with van der Waals surface area (Å²) in [5.74, 6) is 0.287. The number of hydrogen-bond donors (Lipinski definition) is 0. The Morgan fingerprint density at radius 1 is 0.250 bits per heavy atom. The van der Waals surface area contributed by atoms with E-state index in [-0.39, 0.29) is 23.1 Å². The Hall–Kier alpha value is -4.26. The van der Waals surface area contributed by atoms with Crippen LogP contribution < -0.4 is 19.5 Å². The Bertz CT molecular complexity index is 2780. The molecule has 68 heavy (non-hydrogen) atoms. The highest BCUT2D eigenvalue weighted by atomic mass is 32.1. The first-order valence-electron chi connectivity index (χ1n) is 24.5. The summed E-state index contributed by atoms with van der Waals surface area (Å²) in [6, 6.07) is 0. The molecule has 6 heteroatoms. The summed E-state index contributed by atoms with van der Waals surface area (Å²) in [4.78, 5) is 58.2. The molecule has 4 aliphatic carbocycles. The maximum Gasteiger partial charge on any atom is 0.186 e. The van der Waals surface area contributed by atoms with Gasteiger partial charge in [-0.05, 0) is 114 Å². The normalized spacial score (nSPS) is 19.0. The summed E-state index contributed by atoms with van der Waals surface area (Å²) >= 11 is 3.46. The van der Waals surface area contributed by atoms with E-state index < -0.39 is 43.3 Å². The second-order valence-electron chi connectivity index (χ2n) is 27.9. The number of rotatable bonds is 0. The van der Waals surface area contributed by atoms with Crippen molar-refractivity contribution in [1.29, 1.82) is 0 Å². The van der Waals surface area contributed by atoms with Crippen molar-refractivity contribution in [1.82, 2.24) is 0 Å². The van der Waals surface area contributed by atoms with Crippen molar-refractivity contribution in [3.63, 3.8) is 0 Å². The predicted molar refractivity (Wildman–Crippen MR) is 292 cm³/mol. The van der Waals surface area contributed by atoms with E-state index in [2.05, 4.69) is 215 Å². The average Bonchev–Trinajstić information content (AvgIpc) is 3.68. The zero-order chi connectivity index (χ0) is 51.8. The monoisotopic (exact) mass is 953 g/mol. The number of carbonyl (C=O) groups is 4. The lowest BCUT2D eigenvalue weighted by Crippen LogP contribution is -2.33. The molecule has 0 amide bonds. The molecule has 0 atom stereocenters. The number of ketones is 4. The maximum absolute atomic E-state index is 14.6. The van der Waals surface area contributed by atoms with Gasteiger partial charge in [0.25, 0.3) is 0 Å². The van der Waals surface area contributed by atoms with Gasteiger partial charge in [0, 0.05) is 64.1 Å². The van der Waals surface area contributed by atoms with Crippen LogP contribution in [0.4, 0.5) is 0 Å². The van der Waals surface area contributed by atoms with Crippen molar-refractivity contribution in [2.75, 3.05) is 0 Å². The van der Waals surface area contributed by atoms with Crippen LogP contribution in [-0.2, 0) is 19.2 Å². The molecule has 6 rings (SSSR count). The maximum atomic E-state index is 14.6. The Morgan fingerprint density at radius 2 is 0.397 bits per heavy atom. The van der Waals surface area contributed by atoms with E-state index >= 15 is 0 Å². The smallest absolute Gasteiger partial charge is 0.186 e. The van der Waals surface area contributed by atoms with Crippen LogP contribution in [0.3, 0.4) is 0 Å². The molecule has 364 valence electrons. The molecular weight excluding hydrogens is 873 g/mol. The third kappa shape index (κ3) is 9.89. The molecule has 0 unspecified atom stereocenters. The van der Waals surface area contributed by atoms with Crippen LogP contribution in [0.25, 0.3) is 31.7 Å². The van der Waals surface area contributed by atoms with Crippen molar-refractivity contribution in [2.24, 2.45) is 43.3 Å². The summed E-state index contributed by atoms with van der Waals surface area (Å²) in [6.45, 7) is 50.7. The van der Waals surface area contributed by atoms with Gasteiger partial charge in [-0.15, -0.1) is 22.7 Å². The molecule has 0 saturated carbocycles. The van der Waals surface area contributed by atoms with Crippen molar-refractivity contribution in [3.8, 4) is 0 Å². The van der Waals surface area contributed by atoms with Gasteiger partial charge in [-0.3, -0.25) is 19.2 Å². The highest BCUT2D eigenvalue weighted by Crippen LogP contribution is 2.44. The molecule has 0 fully saturated rings. The van der Waals surface area contributed by atoms with Crippen LogP contribution >= 0.6 is 22.7 Å². The van der Waals surface area contributed by atoms with Crippen molar-refractivity contribution >= 4 is 77.5 Å². The SMILES string of the molecule is CC(C)(C)C1=CC(=c2sc3c(=C4C=C(C(C)(C)C)C(=O)C(C(C)(C)C)=C4)c(=C4C=C(C(C)(C)C)C(=O)C(C(C)(C)C)=C4)sc3c2=C2C=C(C(C)(C)C)C(=O)C(C(C)(C)C)=C2)C=C(C(C)(C)C)C1=O. The molecule has 2 heterocycles. The molecule has 2 aromatic rings. The largest absolute Gasteiger partial charge is 0.289 e. The van der Waals surface area contributed by atoms with Crippen molar-refractivity contribution in [2.45, 2.75) is 166 Å². The first-order chi connectivity index (χ1) is 30.5. The van der Waals surface area contributed by atoms with E-state index in [9.17, 15) is 19.2 Å². The van der Waals surface area contributed by atoms with Crippen molar-refractivity contribution in [3.05, 3.63) is 113 Å². The first kappa shape index (κ1) is 53.1. The highest BCUT2D eigenvalue weighted by molar-refractivity contribution is 7.26. The minimum atomic E-state index is -0.448. The first-order valence-corrected chi connectivity index (χ1v) is 26.1. The second-order valence-corrected chi connectivity index (χ2v) is 29.9. The summed E-state index contributed by atoms with van der Waals surface area (Å²) < 4.78 is 4.19. The zero-order valence-corrected chi connectivity index (χ0v) is 47.7. The highest BCUT2D eigenvalue weighted by Gasteiger charge is 2.39. The van der Waals surface area contributed by atoms with E-state index in [0.29, 0.717) is 0 Å². The fraction of sp³-hybridized carbons (Fsp3) is 0.516. The van der Waals surface area contributed by atoms with Gasteiger partial charge in [0.1, 0.15) is 0 Å². The fourth-order valence-electron chi connectivity index (χ4n) is 9.39. The van der Waals surface area contributed by atoms with E-state index in [1.807, 2.05) is 0 Å². The molecule has 0 spiro atoms. The minimum absolute atomic E-state index is 0.0688. The number of carbonyl (C=O) groups excluding carboxylic acids is 4. The van der Waals surface area contributed by atoms with Crippen molar-refractivity contribution < 1.29 is 19.2 Å². The van der Waals surface area contributed by atoms with Gasteiger partial charge < -0.3 is 0 Å². The quantitative estimate of drug-likeness (QED) is 0.264. The van der Waals surface area contributed by atoms with Gasteiger partial charge >= 0.3 is 0 Å². The zero-order valence-electron chi connectivity index (χ0n) is 46.1. The summed E-state index contributed by atoms with van der Waals surface area (Å²) in [5.41, 5.74) is 6.44. The molecule has 4 nitrogen and oxygen atoms in total. The molecule has 0 bridgehead atoms. The summed E-state index contributed by atoms with van der Waals surface area (Å²) in [7, 11) is 0. The lowest BCUT2D eigenvalue weighted by molar-refractivity contribution is -0.114. The number of Topliss-reactive ketones (excluding diaryl/α,β-unsaturated/α-hetero) is 4. The van der Waals surface area contributed by atoms with E-state index in [4.69, 9.17) is 0 Å². The van der Waals surface area contributed by atoms with Crippen LogP contribution in [0.2, 0.25) is 0 Å². The molecule has 2 aromatic heterocycles. The van der Waals surface area contributed by atoms with Crippen LogP contribution in [0.1, 0.15) is 166 Å². The average molecular weight is 953 g/mol. The molecule has 0 saturated heterocycles. The molecule has 4 aliphatic rings. The van der Waals surface area contributed by atoms with Gasteiger partial charge in [0.05, 0.1) is 9.40 Å². The Kier molecular flexibility index (Phi) is 13.0. The Balaban J connectivity index is 2.13. The number of thiophene rings is 2. The Labute approximate surface area is 416 Å². The summed E-state index contributed by atoms with van der Waals surface area (Å²) in [6.07, 6.45) is 17.0. The van der Waals surface area contributed by atoms with Gasteiger partial charge in [0.2, 0.25) is 0 Å². The lowest BCUT2D eigenvalue weighted by Gasteiger charge is -2.32. The van der Waals surface area contributed by atoms with E-state index in [0.717, 1.165) is 95.8 Å². The topological polar surface area (TPSA) is 68.3 Å². The van der Waals surface area contributed by atoms with Crippen LogP contribution in [0.15, 0.2) is 93.2 Å². The van der Waals surface area contributed by atoms with Crippen LogP contribution in [0, 0.1) is 43.3 Å². The predicted octanol–water partition coefficient (Wildman–Crippen LogP) is 13.7. The third-order valence-corrected chi connectivity index (χ3v) is 16.1. The second kappa shape index (κ2) is 16.7. The van der Waals surface area contributed by atoms with Gasteiger partial charge in [0.15, 0.2) is 23.1 Å². The van der Waals surface area contributed by atoms with Gasteiger partial charge in [-0.2, -0.15) is 0 Å². The van der Waals surface area contributed by atoms with Crippen LogP contribution in [0.5, 0.6) is 0 Å². The lowest BCUT2D eigenvalue weighted by atomic mass is 9.71. The standard InChI is InChI=1S/C62H80O4S2/c1-55(2,3)37-25-33(26-38(47(37)63)56(4,5)6)45-51(35-29-41(59(13,14)15)49(65)42(30-35)60(16,17)18)67-54-46(34-27-39(57(7,8)9)48(64)40(28-34)58(10,11)12)52(68-53(45)54)36-31-43(61(19,20)21)50(66)44(32-36)62(22,23)24/h25-32H,1-24H3.